The normalized spacial score (nSPS) is 13.1. The summed E-state index contributed by atoms with van der Waals surface area (Å²) in [4.78, 5) is 10.3. The second-order valence-electron chi connectivity index (χ2n) is 4.79. The van der Waals surface area contributed by atoms with Crippen molar-refractivity contribution in [3.8, 4) is 0 Å². The zero-order chi connectivity index (χ0) is 12.8. The lowest BCUT2D eigenvalue weighted by Crippen LogP contribution is -2.31. The Morgan fingerprint density at radius 3 is 2.35 bits per heavy atom. The molecule has 1 rings (SSSR count). The molecular weight excluding hydrogens is 216 g/mol. The maximum atomic E-state index is 9.66. The minimum Gasteiger partial charge on any atom is -0.390 e. The number of nitrogens with one attached hydrogen (secondary N) is 1. The number of likely N-dealkylation sites (N-methyl/N-ethyl adjacent to an activating group) is 1. The number of hydrogen-bond donors (Lipinski definition) is 2. The predicted molar refractivity (Wildman–Crippen MR) is 69.2 cm³/mol. The molecule has 0 unspecified atom stereocenters. The van der Waals surface area contributed by atoms with Crippen LogP contribution in [0.1, 0.15) is 25.3 Å². The van der Waals surface area contributed by atoms with Crippen molar-refractivity contribution in [3.63, 3.8) is 0 Å². The number of rotatable bonds is 6. The lowest BCUT2D eigenvalue weighted by Gasteiger charge is -2.16. The van der Waals surface area contributed by atoms with Crippen LogP contribution < -0.4 is 5.32 Å². The lowest BCUT2D eigenvalue weighted by atomic mass is 10.1. The Kier molecular flexibility index (Phi) is 5.31. The Bertz CT molecular complexity index is 324. The minimum absolute atomic E-state index is 0.418. The SMILES string of the molecule is CC(C)c1cnc(NC[C@@H](O)CN(C)C)nc1. The van der Waals surface area contributed by atoms with E-state index in [-0.39, 0.29) is 0 Å². The second kappa shape index (κ2) is 6.51. The van der Waals surface area contributed by atoms with Crippen LogP contribution in [0.4, 0.5) is 5.95 Å². The summed E-state index contributed by atoms with van der Waals surface area (Å²) in [5.74, 6) is 0.996. The van der Waals surface area contributed by atoms with Gasteiger partial charge in [-0.2, -0.15) is 0 Å². The van der Waals surface area contributed by atoms with Crippen LogP contribution in [0.5, 0.6) is 0 Å². The molecule has 0 bridgehead atoms. The topological polar surface area (TPSA) is 61.3 Å². The summed E-state index contributed by atoms with van der Waals surface area (Å²) in [6.07, 6.45) is 3.22. The van der Waals surface area contributed by atoms with Crippen molar-refractivity contribution in [2.75, 3.05) is 32.5 Å². The van der Waals surface area contributed by atoms with Crippen LogP contribution in [-0.4, -0.2) is 53.3 Å². The van der Waals surface area contributed by atoms with E-state index in [4.69, 9.17) is 0 Å². The molecule has 96 valence electrons. The molecule has 1 heterocycles. The van der Waals surface area contributed by atoms with Crippen molar-refractivity contribution < 1.29 is 5.11 Å². The first kappa shape index (κ1) is 13.9. The molecule has 0 saturated heterocycles. The summed E-state index contributed by atoms with van der Waals surface area (Å²) < 4.78 is 0. The Morgan fingerprint density at radius 1 is 1.29 bits per heavy atom. The largest absolute Gasteiger partial charge is 0.390 e. The summed E-state index contributed by atoms with van der Waals surface area (Å²) in [6.45, 7) is 5.29. The molecule has 1 aromatic rings. The molecule has 0 aliphatic rings. The number of aromatic nitrogens is 2. The van der Waals surface area contributed by atoms with Gasteiger partial charge in [-0.25, -0.2) is 9.97 Å². The van der Waals surface area contributed by atoms with Gasteiger partial charge in [-0.15, -0.1) is 0 Å². The quantitative estimate of drug-likeness (QED) is 0.772. The van der Waals surface area contributed by atoms with E-state index in [2.05, 4.69) is 29.1 Å². The zero-order valence-electron chi connectivity index (χ0n) is 11.0. The van der Waals surface area contributed by atoms with Crippen LogP contribution in [0, 0.1) is 0 Å². The average molecular weight is 238 g/mol. The first-order chi connectivity index (χ1) is 7.99. The molecule has 0 amide bonds. The third kappa shape index (κ3) is 5.10. The maximum absolute atomic E-state index is 9.66. The zero-order valence-corrected chi connectivity index (χ0v) is 11.0. The third-order valence-corrected chi connectivity index (χ3v) is 2.41. The van der Waals surface area contributed by atoms with Crippen molar-refractivity contribution in [2.24, 2.45) is 0 Å². The molecular formula is C12H22N4O. The van der Waals surface area contributed by atoms with Crippen molar-refractivity contribution in [3.05, 3.63) is 18.0 Å². The predicted octanol–water partition coefficient (Wildman–Crippen LogP) is 0.934. The molecule has 5 nitrogen and oxygen atoms in total. The fourth-order valence-electron chi connectivity index (χ4n) is 1.42. The van der Waals surface area contributed by atoms with Crippen molar-refractivity contribution in [1.82, 2.24) is 14.9 Å². The third-order valence-electron chi connectivity index (χ3n) is 2.41. The molecule has 0 aromatic carbocycles. The second-order valence-corrected chi connectivity index (χ2v) is 4.79. The molecule has 2 N–H and O–H groups in total. The highest BCUT2D eigenvalue weighted by Gasteiger charge is 2.06. The maximum Gasteiger partial charge on any atom is 0.222 e. The number of aliphatic hydroxyl groups excluding tert-OH is 1. The fourth-order valence-corrected chi connectivity index (χ4v) is 1.42. The highest BCUT2D eigenvalue weighted by molar-refractivity contribution is 5.25. The molecule has 0 fully saturated rings. The van der Waals surface area contributed by atoms with Crippen LogP contribution in [0.25, 0.3) is 0 Å². The van der Waals surface area contributed by atoms with E-state index in [1.165, 1.54) is 0 Å². The highest BCUT2D eigenvalue weighted by Crippen LogP contribution is 2.11. The molecule has 17 heavy (non-hydrogen) atoms. The van der Waals surface area contributed by atoms with E-state index in [1.807, 2.05) is 31.4 Å². The van der Waals surface area contributed by atoms with Crippen LogP contribution in [-0.2, 0) is 0 Å². The van der Waals surface area contributed by atoms with Crippen molar-refractivity contribution in [2.45, 2.75) is 25.9 Å². The first-order valence-corrected chi connectivity index (χ1v) is 5.87. The van der Waals surface area contributed by atoms with Gasteiger partial charge in [0.1, 0.15) is 0 Å². The molecule has 0 aliphatic heterocycles. The molecule has 0 saturated carbocycles. The van der Waals surface area contributed by atoms with Gasteiger partial charge in [-0.05, 0) is 25.6 Å². The fraction of sp³-hybridized carbons (Fsp3) is 0.667. The number of hydrogen-bond acceptors (Lipinski definition) is 5. The summed E-state index contributed by atoms with van der Waals surface area (Å²) in [6, 6.07) is 0. The van der Waals surface area contributed by atoms with Gasteiger partial charge in [0.15, 0.2) is 0 Å². The number of aliphatic hydroxyl groups is 1. The van der Waals surface area contributed by atoms with Crippen LogP contribution in [0.3, 0.4) is 0 Å². The molecule has 1 aromatic heterocycles. The first-order valence-electron chi connectivity index (χ1n) is 5.87. The van der Waals surface area contributed by atoms with Crippen molar-refractivity contribution >= 4 is 5.95 Å². The van der Waals surface area contributed by atoms with Gasteiger partial charge in [-0.3, -0.25) is 0 Å². The lowest BCUT2D eigenvalue weighted by molar-refractivity contribution is 0.148. The Hall–Kier alpha value is -1.20. The Balaban J connectivity index is 2.42. The minimum atomic E-state index is -0.418. The van der Waals surface area contributed by atoms with E-state index in [0.717, 1.165) is 5.56 Å². The van der Waals surface area contributed by atoms with Crippen LogP contribution in [0.15, 0.2) is 12.4 Å². The van der Waals surface area contributed by atoms with E-state index in [9.17, 15) is 5.11 Å². The summed E-state index contributed by atoms with van der Waals surface area (Å²) in [5, 5.41) is 12.7. The van der Waals surface area contributed by atoms with Gasteiger partial charge in [-0.1, -0.05) is 13.8 Å². The van der Waals surface area contributed by atoms with Crippen molar-refractivity contribution in [1.29, 1.82) is 0 Å². The molecule has 0 radical (unpaired) electrons. The van der Waals surface area contributed by atoms with Gasteiger partial charge in [0.25, 0.3) is 0 Å². The van der Waals surface area contributed by atoms with E-state index < -0.39 is 6.10 Å². The van der Waals surface area contributed by atoms with E-state index in [0.29, 0.717) is 25.0 Å². The van der Waals surface area contributed by atoms with Crippen LogP contribution in [0.2, 0.25) is 0 Å². The smallest absolute Gasteiger partial charge is 0.222 e. The highest BCUT2D eigenvalue weighted by atomic mass is 16.3. The standard InChI is InChI=1S/C12H22N4O/c1-9(2)10-5-13-12(14-6-10)15-7-11(17)8-16(3)4/h5-6,9,11,17H,7-8H2,1-4H3,(H,13,14,15)/t11-/m1/s1. The van der Waals surface area contributed by atoms with Gasteiger partial charge < -0.3 is 15.3 Å². The van der Waals surface area contributed by atoms with Gasteiger partial charge in [0.05, 0.1) is 6.10 Å². The monoisotopic (exact) mass is 238 g/mol. The average Bonchev–Trinajstić information content (AvgIpc) is 2.26. The summed E-state index contributed by atoms with van der Waals surface area (Å²) in [7, 11) is 3.86. The van der Waals surface area contributed by atoms with Crippen LogP contribution >= 0.6 is 0 Å². The van der Waals surface area contributed by atoms with Gasteiger partial charge >= 0.3 is 0 Å². The number of anilines is 1. The van der Waals surface area contributed by atoms with Gasteiger partial charge in [0.2, 0.25) is 5.95 Å². The Morgan fingerprint density at radius 2 is 1.88 bits per heavy atom. The molecule has 1 atom stereocenters. The van der Waals surface area contributed by atoms with E-state index >= 15 is 0 Å². The molecule has 0 spiro atoms. The summed E-state index contributed by atoms with van der Waals surface area (Å²) >= 11 is 0. The van der Waals surface area contributed by atoms with Gasteiger partial charge in [0, 0.05) is 25.5 Å². The molecule has 5 heteroatoms. The van der Waals surface area contributed by atoms with E-state index in [1.54, 1.807) is 0 Å². The summed E-state index contributed by atoms with van der Waals surface area (Å²) in [5.41, 5.74) is 1.12. The molecule has 0 aliphatic carbocycles. The Labute approximate surface area is 103 Å². The number of nitrogens with zero attached hydrogens (tertiary/aromatic N) is 3.